The molecule has 2 aromatic rings. The molecule has 0 aliphatic rings. The highest BCUT2D eigenvalue weighted by atomic mass is 32.2. The van der Waals surface area contributed by atoms with E-state index in [-0.39, 0.29) is 10.6 Å². The number of anilines is 2. The van der Waals surface area contributed by atoms with E-state index in [1.165, 1.54) is 19.2 Å². The van der Waals surface area contributed by atoms with E-state index >= 15 is 0 Å². The van der Waals surface area contributed by atoms with Crippen molar-refractivity contribution in [2.75, 3.05) is 36.9 Å². The maximum atomic E-state index is 11.8. The van der Waals surface area contributed by atoms with E-state index in [0.29, 0.717) is 12.2 Å². The van der Waals surface area contributed by atoms with Gasteiger partial charge >= 0.3 is 0 Å². The first-order valence-corrected chi connectivity index (χ1v) is 10.1. The molecule has 0 radical (unpaired) electrons. The quantitative estimate of drug-likeness (QED) is 0.366. The summed E-state index contributed by atoms with van der Waals surface area (Å²) in [6, 6.07) is 13.9. The summed E-state index contributed by atoms with van der Waals surface area (Å²) < 4.78 is 25.8. The molecule has 0 saturated heterocycles. The molecule has 0 aliphatic heterocycles. The second-order valence-electron chi connectivity index (χ2n) is 5.84. The van der Waals surface area contributed by atoms with Gasteiger partial charge in [-0.2, -0.15) is 0 Å². The molecule has 0 unspecified atom stereocenters. The Kier molecular flexibility index (Phi) is 7.14. The fraction of sp³-hybridized carbons (Fsp3) is 0.333. The summed E-state index contributed by atoms with van der Waals surface area (Å²) in [5.41, 5.74) is 1.17. The van der Waals surface area contributed by atoms with Crippen LogP contribution in [0.25, 0.3) is 0 Å². The zero-order valence-corrected chi connectivity index (χ0v) is 16.2. The Bertz CT molecular complexity index is 872. The molecule has 0 atom stereocenters. The number of rotatable bonds is 10. The Hall–Kier alpha value is -2.65. The molecule has 0 bridgehead atoms. The fourth-order valence-corrected chi connectivity index (χ4v) is 3.45. The molecule has 0 fully saturated rings. The van der Waals surface area contributed by atoms with E-state index in [1.807, 2.05) is 30.3 Å². The van der Waals surface area contributed by atoms with Crippen LogP contribution in [0.1, 0.15) is 13.3 Å². The Morgan fingerprint density at radius 1 is 1.15 bits per heavy atom. The maximum absolute atomic E-state index is 11.8. The predicted octanol–water partition coefficient (Wildman–Crippen LogP) is 2.83. The van der Waals surface area contributed by atoms with Crippen LogP contribution in [0.15, 0.2) is 53.4 Å². The Balaban J connectivity index is 2.02. The predicted molar refractivity (Wildman–Crippen MR) is 107 cm³/mol. The Labute approximate surface area is 159 Å². The normalized spacial score (nSPS) is 11.2. The van der Waals surface area contributed by atoms with E-state index in [1.54, 1.807) is 0 Å². The van der Waals surface area contributed by atoms with Crippen molar-refractivity contribution in [2.24, 2.45) is 0 Å². The van der Waals surface area contributed by atoms with Gasteiger partial charge in [-0.25, -0.2) is 13.1 Å². The fourth-order valence-electron chi connectivity index (χ4n) is 2.70. The summed E-state index contributed by atoms with van der Waals surface area (Å²) in [6.45, 7) is 4.27. The lowest BCUT2D eigenvalue weighted by molar-refractivity contribution is -0.384. The van der Waals surface area contributed by atoms with Crippen molar-refractivity contribution >= 4 is 27.1 Å². The van der Waals surface area contributed by atoms with E-state index in [2.05, 4.69) is 21.9 Å². The summed E-state index contributed by atoms with van der Waals surface area (Å²) in [5.74, 6) is 0. The van der Waals surface area contributed by atoms with Crippen LogP contribution in [0.4, 0.5) is 17.1 Å². The largest absolute Gasteiger partial charge is 0.379 e. The molecule has 0 aromatic heterocycles. The average molecular weight is 392 g/mol. The van der Waals surface area contributed by atoms with Crippen molar-refractivity contribution in [1.29, 1.82) is 0 Å². The van der Waals surface area contributed by atoms with Crippen LogP contribution in [0.5, 0.6) is 0 Å². The van der Waals surface area contributed by atoms with Crippen LogP contribution in [0, 0.1) is 10.1 Å². The summed E-state index contributed by atoms with van der Waals surface area (Å²) in [6.07, 6.45) is 0.774. The van der Waals surface area contributed by atoms with Gasteiger partial charge in [0, 0.05) is 31.4 Å². The highest BCUT2D eigenvalue weighted by Gasteiger charge is 2.20. The van der Waals surface area contributed by atoms with Crippen molar-refractivity contribution in [3.63, 3.8) is 0 Å². The Morgan fingerprint density at radius 3 is 2.44 bits per heavy atom. The first-order chi connectivity index (χ1) is 12.9. The third-order valence-corrected chi connectivity index (χ3v) is 5.58. The van der Waals surface area contributed by atoms with Crippen molar-refractivity contribution in [1.82, 2.24) is 4.72 Å². The van der Waals surface area contributed by atoms with Crippen molar-refractivity contribution in [2.45, 2.75) is 18.2 Å². The number of hydrogen-bond acceptors (Lipinski definition) is 6. The Morgan fingerprint density at radius 2 is 1.85 bits per heavy atom. The number of sulfonamides is 1. The molecule has 8 nitrogen and oxygen atoms in total. The molecule has 0 saturated carbocycles. The maximum Gasteiger partial charge on any atom is 0.293 e. The van der Waals surface area contributed by atoms with Crippen LogP contribution >= 0.6 is 0 Å². The summed E-state index contributed by atoms with van der Waals surface area (Å²) in [4.78, 5) is 12.8. The molecular weight excluding hydrogens is 368 g/mol. The minimum absolute atomic E-state index is 0.136. The minimum Gasteiger partial charge on any atom is -0.379 e. The first kappa shape index (κ1) is 20.7. The molecule has 2 N–H and O–H groups in total. The lowest BCUT2D eigenvalue weighted by Crippen LogP contribution is -2.25. The second-order valence-corrected chi connectivity index (χ2v) is 7.73. The van der Waals surface area contributed by atoms with Crippen molar-refractivity contribution in [3.05, 3.63) is 58.6 Å². The number of hydrogen-bond donors (Lipinski definition) is 2. The van der Waals surface area contributed by atoms with Gasteiger partial charge in [0.15, 0.2) is 0 Å². The number of nitrogens with one attached hydrogen (secondary N) is 2. The monoisotopic (exact) mass is 392 g/mol. The molecule has 0 heterocycles. The second kappa shape index (κ2) is 9.33. The van der Waals surface area contributed by atoms with Crippen LogP contribution < -0.4 is 14.9 Å². The molecule has 0 amide bonds. The zero-order valence-electron chi connectivity index (χ0n) is 15.4. The molecular formula is C18H24N4O4S. The van der Waals surface area contributed by atoms with E-state index in [4.69, 9.17) is 0 Å². The molecule has 2 aromatic carbocycles. The number of para-hydroxylation sites is 1. The first-order valence-electron chi connectivity index (χ1n) is 8.65. The topological polar surface area (TPSA) is 105 Å². The average Bonchev–Trinajstić information content (AvgIpc) is 2.68. The molecule has 0 aliphatic carbocycles. The summed E-state index contributed by atoms with van der Waals surface area (Å²) in [5, 5.41) is 14.3. The third kappa shape index (κ3) is 5.41. The molecule has 2 rings (SSSR count). The molecule has 9 heteroatoms. The van der Waals surface area contributed by atoms with Crippen LogP contribution in [-0.4, -0.2) is 40.0 Å². The van der Waals surface area contributed by atoms with Gasteiger partial charge in [0.25, 0.3) is 5.69 Å². The lowest BCUT2D eigenvalue weighted by atomic mass is 10.2. The third-order valence-electron chi connectivity index (χ3n) is 4.17. The van der Waals surface area contributed by atoms with E-state index in [9.17, 15) is 18.5 Å². The van der Waals surface area contributed by atoms with Gasteiger partial charge < -0.3 is 10.2 Å². The van der Waals surface area contributed by atoms with Gasteiger partial charge in [0.2, 0.25) is 10.0 Å². The van der Waals surface area contributed by atoms with Crippen LogP contribution in [0.3, 0.4) is 0 Å². The van der Waals surface area contributed by atoms with E-state index in [0.717, 1.165) is 31.3 Å². The lowest BCUT2D eigenvalue weighted by Gasteiger charge is -2.23. The van der Waals surface area contributed by atoms with E-state index < -0.39 is 14.9 Å². The standard InChI is InChI=1S/C18H24N4O4S/c1-3-21(15-8-5-4-6-9-15)13-7-12-20-17-11-10-16(27(25,26)19-2)14-18(17)22(23)24/h4-6,8-11,14,19-20H,3,7,12-13H2,1-2H3. The minimum atomic E-state index is -3.73. The number of nitrogens with zero attached hydrogens (tertiary/aromatic N) is 2. The SMILES string of the molecule is CCN(CCCNc1ccc(S(=O)(=O)NC)cc1[N+](=O)[O-])c1ccccc1. The van der Waals surface area contributed by atoms with Crippen LogP contribution in [0.2, 0.25) is 0 Å². The molecule has 0 spiro atoms. The van der Waals surface area contributed by atoms with Gasteiger partial charge in [0.05, 0.1) is 9.82 Å². The number of nitro groups is 1. The number of benzene rings is 2. The van der Waals surface area contributed by atoms with Gasteiger partial charge in [-0.15, -0.1) is 0 Å². The zero-order chi connectivity index (χ0) is 19.9. The smallest absolute Gasteiger partial charge is 0.293 e. The van der Waals surface area contributed by atoms with Crippen molar-refractivity contribution in [3.8, 4) is 0 Å². The van der Waals surface area contributed by atoms with Crippen molar-refractivity contribution < 1.29 is 13.3 Å². The summed E-state index contributed by atoms with van der Waals surface area (Å²) >= 11 is 0. The van der Waals surface area contributed by atoms with Crippen LogP contribution in [-0.2, 0) is 10.0 Å². The van der Waals surface area contributed by atoms with Gasteiger partial charge in [0.1, 0.15) is 5.69 Å². The highest BCUT2D eigenvalue weighted by Crippen LogP contribution is 2.27. The highest BCUT2D eigenvalue weighted by molar-refractivity contribution is 7.89. The van der Waals surface area contributed by atoms with Gasteiger partial charge in [-0.3, -0.25) is 10.1 Å². The molecule has 27 heavy (non-hydrogen) atoms. The van der Waals surface area contributed by atoms with Gasteiger partial charge in [-0.1, -0.05) is 18.2 Å². The summed E-state index contributed by atoms with van der Waals surface area (Å²) in [7, 11) is -2.47. The molecule has 146 valence electrons. The number of nitro benzene ring substituents is 1. The van der Waals surface area contributed by atoms with Gasteiger partial charge in [-0.05, 0) is 44.7 Å².